The normalized spacial score (nSPS) is 57.8. The zero-order chi connectivity index (χ0) is 14.0. The van der Waals surface area contributed by atoms with E-state index in [0.717, 1.165) is 17.4 Å². The van der Waals surface area contributed by atoms with Crippen molar-refractivity contribution < 1.29 is 19.6 Å². The lowest BCUT2D eigenvalue weighted by atomic mass is 9.13. The fourth-order valence-electron chi connectivity index (χ4n) is 6.89. The highest BCUT2D eigenvalue weighted by Gasteiger charge is 2.97. The molecular weight excluding hydrogens is 268 g/mol. The van der Waals surface area contributed by atoms with E-state index in [1.165, 1.54) is 19.3 Å². The maximum absolute atomic E-state index is 9.81. The first-order valence-corrected chi connectivity index (χ1v) is 7.91. The van der Waals surface area contributed by atoms with Gasteiger partial charge < -0.3 is 9.84 Å². The van der Waals surface area contributed by atoms with Crippen molar-refractivity contribution in [1.82, 2.24) is 0 Å². The zero-order valence-electron chi connectivity index (χ0n) is 11.9. The minimum Gasteiger partial charge on any atom is -0.508 e. The summed E-state index contributed by atoms with van der Waals surface area (Å²) in [5.74, 6) is 2.41. The largest absolute Gasteiger partial charge is 0.508 e. The van der Waals surface area contributed by atoms with E-state index in [4.69, 9.17) is 14.5 Å². The highest BCUT2D eigenvalue weighted by Crippen LogP contribution is 2.94. The van der Waals surface area contributed by atoms with Gasteiger partial charge in [0.05, 0.1) is 0 Å². The SMILES string of the molecule is COC1(c2cccc(O)c2)OOC12C1CC3CC4CC2C341. The summed E-state index contributed by atoms with van der Waals surface area (Å²) in [7, 11) is 1.69. The second-order valence-electron chi connectivity index (χ2n) is 7.54. The molecule has 4 aliphatic carbocycles. The summed E-state index contributed by atoms with van der Waals surface area (Å²) in [6.07, 6.45) is 3.93. The van der Waals surface area contributed by atoms with Crippen molar-refractivity contribution >= 4 is 0 Å². The number of aromatic hydroxyl groups is 1. The van der Waals surface area contributed by atoms with Crippen LogP contribution in [0.4, 0.5) is 0 Å². The van der Waals surface area contributed by atoms with E-state index in [-0.39, 0.29) is 11.4 Å². The van der Waals surface area contributed by atoms with Crippen molar-refractivity contribution in [3.63, 3.8) is 0 Å². The van der Waals surface area contributed by atoms with Crippen molar-refractivity contribution in [3.05, 3.63) is 29.8 Å². The van der Waals surface area contributed by atoms with Gasteiger partial charge in [0, 0.05) is 24.5 Å². The number of phenols is 1. The smallest absolute Gasteiger partial charge is 0.260 e. The topological polar surface area (TPSA) is 47.9 Å². The number of hydrogen-bond donors (Lipinski definition) is 1. The Morgan fingerprint density at radius 2 is 1.90 bits per heavy atom. The van der Waals surface area contributed by atoms with Crippen LogP contribution in [0.3, 0.4) is 0 Å². The summed E-state index contributed by atoms with van der Waals surface area (Å²) in [4.78, 5) is 11.4. The predicted molar refractivity (Wildman–Crippen MR) is 71.9 cm³/mol. The Morgan fingerprint density at radius 3 is 2.43 bits per heavy atom. The van der Waals surface area contributed by atoms with Gasteiger partial charge in [0.15, 0.2) is 5.60 Å². The molecule has 4 nitrogen and oxygen atoms in total. The van der Waals surface area contributed by atoms with E-state index in [9.17, 15) is 5.11 Å². The first-order valence-electron chi connectivity index (χ1n) is 7.91. The number of fused-ring (bicyclic) bond motifs is 2. The zero-order valence-corrected chi connectivity index (χ0v) is 11.9. The first kappa shape index (κ1) is 11.5. The molecular formula is C17H18O4. The molecule has 4 heteroatoms. The molecule has 1 aromatic rings. The number of benzene rings is 1. The molecule has 0 radical (unpaired) electrons. The Morgan fingerprint density at radius 1 is 1.14 bits per heavy atom. The molecule has 5 atom stereocenters. The van der Waals surface area contributed by atoms with Gasteiger partial charge in [0.1, 0.15) is 5.75 Å². The quantitative estimate of drug-likeness (QED) is 0.849. The van der Waals surface area contributed by atoms with Crippen molar-refractivity contribution in [2.75, 3.05) is 7.11 Å². The van der Waals surface area contributed by atoms with Crippen LogP contribution in [-0.4, -0.2) is 17.8 Å². The molecule has 0 bridgehead atoms. The summed E-state index contributed by atoms with van der Waals surface area (Å²) >= 11 is 0. The third-order valence-corrected chi connectivity index (χ3v) is 7.59. The molecule has 1 aromatic carbocycles. The second-order valence-corrected chi connectivity index (χ2v) is 7.54. The summed E-state index contributed by atoms with van der Waals surface area (Å²) in [5.41, 5.74) is 1.13. The Kier molecular flexibility index (Phi) is 1.64. The van der Waals surface area contributed by atoms with E-state index in [0.29, 0.717) is 17.3 Å². The molecule has 110 valence electrons. The number of hydrogen-bond acceptors (Lipinski definition) is 4. The fourth-order valence-corrected chi connectivity index (χ4v) is 6.89. The lowest BCUT2D eigenvalue weighted by molar-refractivity contribution is -0.701. The van der Waals surface area contributed by atoms with Gasteiger partial charge >= 0.3 is 0 Å². The van der Waals surface area contributed by atoms with E-state index in [1.807, 2.05) is 12.1 Å². The van der Waals surface area contributed by atoms with Crippen LogP contribution in [0.1, 0.15) is 24.8 Å². The third-order valence-electron chi connectivity index (χ3n) is 7.59. The van der Waals surface area contributed by atoms with Crippen molar-refractivity contribution in [2.45, 2.75) is 30.7 Å². The highest BCUT2D eigenvalue weighted by molar-refractivity contribution is 5.45. The Bertz CT molecular complexity index is 645. The van der Waals surface area contributed by atoms with Gasteiger partial charge in [0.2, 0.25) is 0 Å². The minimum atomic E-state index is -0.835. The summed E-state index contributed by atoms with van der Waals surface area (Å²) < 4.78 is 5.87. The first-order chi connectivity index (χ1) is 10.2. The van der Waals surface area contributed by atoms with Gasteiger partial charge in [-0.25, -0.2) is 4.89 Å². The van der Waals surface area contributed by atoms with Gasteiger partial charge in [-0.1, -0.05) is 12.1 Å². The van der Waals surface area contributed by atoms with Crippen molar-refractivity contribution in [2.24, 2.45) is 29.1 Å². The standard InChI is InChI=1S/C17H18O4/c1-19-17(9-3-2-4-12(18)6-9)16(20-21-17)13-7-10-5-11-8-14(16)15(10,11)13/h2-4,6,10-11,13-14,18H,5,7-8H2,1H3. The van der Waals surface area contributed by atoms with Crippen LogP contribution in [0.5, 0.6) is 5.75 Å². The van der Waals surface area contributed by atoms with Crippen molar-refractivity contribution in [3.8, 4) is 5.75 Å². The summed E-state index contributed by atoms with van der Waals surface area (Å²) in [6.45, 7) is 0. The molecule has 5 fully saturated rings. The number of phenolic OH excluding ortho intramolecular Hbond substituents is 1. The minimum absolute atomic E-state index is 0.241. The monoisotopic (exact) mass is 286 g/mol. The molecule has 5 aliphatic rings. The van der Waals surface area contributed by atoms with Crippen LogP contribution < -0.4 is 0 Å². The molecule has 6 rings (SSSR count). The van der Waals surface area contributed by atoms with Crippen LogP contribution in [0.25, 0.3) is 0 Å². The molecule has 1 aliphatic heterocycles. The maximum Gasteiger partial charge on any atom is 0.260 e. The Labute approximate surface area is 122 Å². The van der Waals surface area contributed by atoms with Gasteiger partial charge in [-0.2, -0.15) is 4.89 Å². The van der Waals surface area contributed by atoms with Gasteiger partial charge in [-0.3, -0.25) is 0 Å². The molecule has 1 saturated heterocycles. The van der Waals surface area contributed by atoms with Crippen LogP contribution in [0.15, 0.2) is 24.3 Å². The molecule has 2 spiro atoms. The van der Waals surface area contributed by atoms with E-state index in [2.05, 4.69) is 0 Å². The number of rotatable bonds is 2. The maximum atomic E-state index is 9.81. The van der Waals surface area contributed by atoms with E-state index >= 15 is 0 Å². The van der Waals surface area contributed by atoms with E-state index < -0.39 is 5.79 Å². The molecule has 4 saturated carbocycles. The average molecular weight is 286 g/mol. The average Bonchev–Trinajstić information content (AvgIpc) is 2.36. The molecule has 0 aromatic heterocycles. The van der Waals surface area contributed by atoms with Crippen LogP contribution in [0.2, 0.25) is 0 Å². The molecule has 1 heterocycles. The van der Waals surface area contributed by atoms with Crippen LogP contribution in [-0.2, 0) is 20.3 Å². The fraction of sp³-hybridized carbons (Fsp3) is 0.647. The van der Waals surface area contributed by atoms with Gasteiger partial charge in [-0.05, 0) is 48.6 Å². The molecule has 5 unspecified atom stereocenters. The molecule has 1 N–H and O–H groups in total. The predicted octanol–water partition coefficient (Wildman–Crippen LogP) is 2.57. The van der Waals surface area contributed by atoms with Gasteiger partial charge in [-0.15, -0.1) is 0 Å². The highest BCUT2D eigenvalue weighted by atomic mass is 17.3. The lowest BCUT2D eigenvalue weighted by Gasteiger charge is -2.93. The second kappa shape index (κ2) is 3.00. The van der Waals surface area contributed by atoms with Gasteiger partial charge in [0.25, 0.3) is 5.79 Å². The van der Waals surface area contributed by atoms with Crippen molar-refractivity contribution in [1.29, 1.82) is 0 Å². The van der Waals surface area contributed by atoms with E-state index in [1.54, 1.807) is 19.2 Å². The summed E-state index contributed by atoms with van der Waals surface area (Å²) in [6, 6.07) is 7.22. The number of methoxy groups -OCH3 is 1. The molecule has 0 amide bonds. The summed E-state index contributed by atoms with van der Waals surface area (Å²) in [5, 5.41) is 9.81. The van der Waals surface area contributed by atoms with Crippen LogP contribution in [0, 0.1) is 29.1 Å². The Balaban J connectivity index is 1.47. The number of ether oxygens (including phenoxy) is 1. The molecule has 21 heavy (non-hydrogen) atoms. The lowest BCUT2D eigenvalue weighted by Crippen LogP contribution is -2.97. The Hall–Kier alpha value is -1.10. The third kappa shape index (κ3) is 0.805. The van der Waals surface area contributed by atoms with Crippen LogP contribution >= 0.6 is 0 Å².